The van der Waals surface area contributed by atoms with Crippen LogP contribution in [0, 0.1) is 0 Å². The predicted octanol–water partition coefficient (Wildman–Crippen LogP) is 7.85. The Morgan fingerprint density at radius 3 is 1.31 bits per heavy atom. The SMILES string of the molecule is C/C(=C/OC(=O)OCCOCCOC(=O)O/C=C(\C)Cc1ccc(C(C)C)cc1)Cc1ccc(C(C)C)cc1. The van der Waals surface area contributed by atoms with Gasteiger partial charge in [0.15, 0.2) is 0 Å². The van der Waals surface area contributed by atoms with Crippen LogP contribution in [0.25, 0.3) is 0 Å². The highest BCUT2D eigenvalue weighted by Crippen LogP contribution is 2.17. The summed E-state index contributed by atoms with van der Waals surface area (Å²) < 4.78 is 25.3. The first kappa shape index (κ1) is 31.6. The lowest BCUT2D eigenvalue weighted by atomic mass is 9.99. The molecule has 0 fully saturated rings. The Balaban J connectivity index is 1.52. The first-order valence-corrected chi connectivity index (χ1v) is 13.4. The second-order valence-electron chi connectivity index (χ2n) is 10.1. The van der Waals surface area contributed by atoms with Gasteiger partial charge in [0.05, 0.1) is 25.7 Å². The lowest BCUT2D eigenvalue weighted by molar-refractivity contribution is 0.0199. The number of rotatable bonds is 14. The third kappa shape index (κ3) is 13.2. The molecular weight excluding hydrogens is 496 g/mol. The Labute approximate surface area is 232 Å². The maximum absolute atomic E-state index is 11.7. The molecule has 0 amide bonds. The highest BCUT2D eigenvalue weighted by Gasteiger charge is 2.06. The third-order valence-electron chi connectivity index (χ3n) is 5.87. The molecule has 2 rings (SSSR count). The molecule has 39 heavy (non-hydrogen) atoms. The maximum atomic E-state index is 11.7. The number of ether oxygens (including phenoxy) is 5. The average Bonchev–Trinajstić information content (AvgIpc) is 2.90. The van der Waals surface area contributed by atoms with E-state index in [9.17, 15) is 9.59 Å². The van der Waals surface area contributed by atoms with Crippen LogP contribution < -0.4 is 0 Å². The van der Waals surface area contributed by atoms with Gasteiger partial charge in [-0.05, 0) is 71.9 Å². The van der Waals surface area contributed by atoms with Crippen LogP contribution >= 0.6 is 0 Å². The monoisotopic (exact) mass is 538 g/mol. The fraction of sp³-hybridized carbons (Fsp3) is 0.438. The number of carbonyl (C=O) groups excluding carboxylic acids is 2. The van der Waals surface area contributed by atoms with Gasteiger partial charge >= 0.3 is 12.3 Å². The zero-order valence-corrected chi connectivity index (χ0v) is 24.0. The Morgan fingerprint density at radius 1 is 0.615 bits per heavy atom. The fourth-order valence-electron chi connectivity index (χ4n) is 3.60. The van der Waals surface area contributed by atoms with Gasteiger partial charge in [0.2, 0.25) is 0 Å². The van der Waals surface area contributed by atoms with Gasteiger partial charge in [-0.1, -0.05) is 76.2 Å². The Morgan fingerprint density at radius 2 is 0.974 bits per heavy atom. The van der Waals surface area contributed by atoms with Crippen molar-refractivity contribution < 1.29 is 33.3 Å². The predicted molar refractivity (Wildman–Crippen MR) is 152 cm³/mol. The van der Waals surface area contributed by atoms with Crippen molar-refractivity contribution in [1.29, 1.82) is 0 Å². The molecule has 0 atom stereocenters. The average molecular weight is 539 g/mol. The first-order chi connectivity index (χ1) is 18.6. The van der Waals surface area contributed by atoms with Gasteiger partial charge in [0.25, 0.3) is 0 Å². The van der Waals surface area contributed by atoms with Gasteiger partial charge in [0, 0.05) is 0 Å². The van der Waals surface area contributed by atoms with E-state index in [-0.39, 0.29) is 26.4 Å². The molecule has 2 aromatic rings. The summed E-state index contributed by atoms with van der Waals surface area (Å²) in [4.78, 5) is 23.5. The van der Waals surface area contributed by atoms with Crippen molar-refractivity contribution in [3.8, 4) is 0 Å². The smallest absolute Gasteiger partial charge is 0.432 e. The number of carbonyl (C=O) groups is 2. The zero-order valence-electron chi connectivity index (χ0n) is 24.0. The third-order valence-corrected chi connectivity index (χ3v) is 5.87. The van der Waals surface area contributed by atoms with Gasteiger partial charge < -0.3 is 23.7 Å². The second-order valence-corrected chi connectivity index (χ2v) is 10.1. The number of hydrogen-bond donors (Lipinski definition) is 0. The van der Waals surface area contributed by atoms with Crippen LogP contribution in [0.5, 0.6) is 0 Å². The fourth-order valence-corrected chi connectivity index (χ4v) is 3.60. The molecule has 0 saturated carbocycles. The van der Waals surface area contributed by atoms with Crippen molar-refractivity contribution in [2.24, 2.45) is 0 Å². The van der Waals surface area contributed by atoms with E-state index in [4.69, 9.17) is 23.7 Å². The minimum Gasteiger partial charge on any atom is -0.432 e. The van der Waals surface area contributed by atoms with Gasteiger partial charge in [0.1, 0.15) is 13.2 Å². The van der Waals surface area contributed by atoms with Crippen molar-refractivity contribution in [2.75, 3.05) is 26.4 Å². The largest absolute Gasteiger partial charge is 0.513 e. The van der Waals surface area contributed by atoms with E-state index in [0.717, 1.165) is 22.3 Å². The van der Waals surface area contributed by atoms with Gasteiger partial charge in [-0.15, -0.1) is 0 Å². The lowest BCUT2D eigenvalue weighted by Crippen LogP contribution is -2.14. The Kier molecular flexibility index (Phi) is 13.9. The summed E-state index contributed by atoms with van der Waals surface area (Å²) in [7, 11) is 0. The standard InChI is InChI=1S/C32H42O7/c1-23(2)29-11-7-27(8-12-29)19-25(5)21-38-31(33)36-17-15-35-16-18-37-32(34)39-22-26(6)20-28-9-13-30(14-10-28)24(3)4/h7-14,21-24H,15-20H2,1-6H3/b25-21-,26-22+. The molecule has 0 bridgehead atoms. The summed E-state index contributed by atoms with van der Waals surface area (Å²) in [6, 6.07) is 16.8. The van der Waals surface area contributed by atoms with Crippen molar-refractivity contribution in [1.82, 2.24) is 0 Å². The van der Waals surface area contributed by atoms with Crippen molar-refractivity contribution in [2.45, 2.75) is 66.2 Å². The highest BCUT2D eigenvalue weighted by molar-refractivity contribution is 5.61. The summed E-state index contributed by atoms with van der Waals surface area (Å²) in [5, 5.41) is 0. The maximum Gasteiger partial charge on any atom is 0.513 e. The number of hydrogen-bond acceptors (Lipinski definition) is 7. The van der Waals surface area contributed by atoms with Gasteiger partial charge in [-0.3, -0.25) is 0 Å². The van der Waals surface area contributed by atoms with E-state index < -0.39 is 12.3 Å². The molecular formula is C32H42O7. The van der Waals surface area contributed by atoms with Gasteiger partial charge in [-0.2, -0.15) is 0 Å². The first-order valence-electron chi connectivity index (χ1n) is 13.4. The minimum absolute atomic E-state index is 0.0207. The molecule has 212 valence electrons. The topological polar surface area (TPSA) is 80.3 Å². The van der Waals surface area contributed by atoms with E-state index in [1.54, 1.807) is 0 Å². The highest BCUT2D eigenvalue weighted by atomic mass is 16.7. The molecule has 7 heteroatoms. The van der Waals surface area contributed by atoms with Crippen LogP contribution in [0.15, 0.2) is 72.2 Å². The molecule has 0 aromatic heterocycles. The van der Waals surface area contributed by atoms with E-state index in [1.807, 2.05) is 13.8 Å². The van der Waals surface area contributed by atoms with Crippen molar-refractivity contribution >= 4 is 12.3 Å². The molecule has 0 aliphatic heterocycles. The molecule has 0 heterocycles. The van der Waals surface area contributed by atoms with Crippen LogP contribution in [0.1, 0.15) is 75.6 Å². The number of benzene rings is 2. The molecule has 0 aliphatic carbocycles. The Bertz CT molecular complexity index is 993. The molecule has 0 radical (unpaired) electrons. The van der Waals surface area contributed by atoms with Crippen LogP contribution in [0.3, 0.4) is 0 Å². The Hall–Kier alpha value is -3.58. The van der Waals surface area contributed by atoms with E-state index >= 15 is 0 Å². The molecule has 0 N–H and O–H groups in total. The molecule has 2 aromatic carbocycles. The quantitative estimate of drug-likeness (QED) is 0.138. The molecule has 7 nitrogen and oxygen atoms in total. The van der Waals surface area contributed by atoms with Crippen LogP contribution in [-0.2, 0) is 36.5 Å². The lowest BCUT2D eigenvalue weighted by Gasteiger charge is -2.08. The normalized spacial score (nSPS) is 12.0. The van der Waals surface area contributed by atoms with E-state index in [1.165, 1.54) is 23.7 Å². The minimum atomic E-state index is -0.800. The van der Waals surface area contributed by atoms with E-state index in [0.29, 0.717) is 24.7 Å². The summed E-state index contributed by atoms with van der Waals surface area (Å²) in [5.74, 6) is 0.977. The summed E-state index contributed by atoms with van der Waals surface area (Å²) in [5.41, 5.74) is 6.66. The van der Waals surface area contributed by atoms with E-state index in [2.05, 4.69) is 76.2 Å². The van der Waals surface area contributed by atoms with Crippen molar-refractivity contribution in [3.05, 3.63) is 94.5 Å². The molecule has 0 spiro atoms. The van der Waals surface area contributed by atoms with Crippen LogP contribution in [0.4, 0.5) is 9.59 Å². The molecule has 0 aliphatic rings. The second kappa shape index (κ2) is 17.1. The molecule has 0 saturated heterocycles. The summed E-state index contributed by atoms with van der Waals surface area (Å²) in [6.07, 6.45) is 2.56. The van der Waals surface area contributed by atoms with Crippen LogP contribution in [0.2, 0.25) is 0 Å². The summed E-state index contributed by atoms with van der Waals surface area (Å²) >= 11 is 0. The summed E-state index contributed by atoms with van der Waals surface area (Å²) in [6.45, 7) is 12.7. The van der Waals surface area contributed by atoms with Crippen LogP contribution in [-0.4, -0.2) is 38.7 Å². The zero-order chi connectivity index (χ0) is 28.6. The number of allylic oxidation sites excluding steroid dienone is 2. The van der Waals surface area contributed by atoms with Gasteiger partial charge in [-0.25, -0.2) is 9.59 Å². The van der Waals surface area contributed by atoms with Crippen molar-refractivity contribution in [3.63, 3.8) is 0 Å². The molecule has 0 unspecified atom stereocenters.